The number of carboxylic acid groups (broad SMARTS) is 1. The lowest BCUT2D eigenvalue weighted by Gasteiger charge is -2.06. The van der Waals surface area contributed by atoms with Gasteiger partial charge in [-0.15, -0.1) is 0 Å². The van der Waals surface area contributed by atoms with Gasteiger partial charge in [-0.2, -0.15) is 0 Å². The molecule has 0 saturated heterocycles. The standard InChI is InChI=1S/C8H7BrN2O5/c1-4-2-5(9)10-8(11(14)15)7(4)16-3-6(12)13/h2H,3H2,1H3,(H,12,13). The van der Waals surface area contributed by atoms with Crippen molar-refractivity contribution in [1.29, 1.82) is 0 Å². The lowest BCUT2D eigenvalue weighted by atomic mass is 10.2. The second kappa shape index (κ2) is 4.88. The molecule has 0 fully saturated rings. The second-order valence-corrected chi connectivity index (χ2v) is 3.67. The molecule has 1 rings (SSSR count). The molecule has 0 aliphatic carbocycles. The first-order valence-corrected chi connectivity index (χ1v) is 4.87. The Morgan fingerprint density at radius 1 is 1.75 bits per heavy atom. The highest BCUT2D eigenvalue weighted by Gasteiger charge is 2.22. The first-order chi connectivity index (χ1) is 7.41. The van der Waals surface area contributed by atoms with Gasteiger partial charge in [-0.05, 0) is 16.8 Å². The maximum atomic E-state index is 10.7. The predicted octanol–water partition coefficient (Wildman–Crippen LogP) is 1.52. The number of hydrogen-bond acceptors (Lipinski definition) is 5. The van der Waals surface area contributed by atoms with Crippen LogP contribution >= 0.6 is 15.9 Å². The minimum absolute atomic E-state index is 0.129. The topological polar surface area (TPSA) is 103 Å². The van der Waals surface area contributed by atoms with Crippen LogP contribution in [0.5, 0.6) is 5.75 Å². The molecule has 8 heteroatoms. The number of carbonyl (C=O) groups is 1. The van der Waals surface area contributed by atoms with E-state index < -0.39 is 23.3 Å². The molecular weight excluding hydrogens is 284 g/mol. The molecular formula is C8H7BrN2O5. The molecule has 16 heavy (non-hydrogen) atoms. The van der Waals surface area contributed by atoms with Gasteiger partial charge in [0.25, 0.3) is 0 Å². The fourth-order valence-electron chi connectivity index (χ4n) is 1.04. The monoisotopic (exact) mass is 290 g/mol. The van der Waals surface area contributed by atoms with Gasteiger partial charge in [0.15, 0.2) is 6.61 Å². The van der Waals surface area contributed by atoms with Crippen molar-refractivity contribution in [3.8, 4) is 5.75 Å². The van der Waals surface area contributed by atoms with Crippen LogP contribution in [-0.4, -0.2) is 27.6 Å². The van der Waals surface area contributed by atoms with Crippen LogP contribution in [0.2, 0.25) is 0 Å². The molecule has 0 aliphatic heterocycles. The third-order valence-electron chi connectivity index (χ3n) is 1.62. The van der Waals surface area contributed by atoms with Crippen LogP contribution < -0.4 is 4.74 Å². The Morgan fingerprint density at radius 3 is 2.88 bits per heavy atom. The minimum Gasteiger partial charge on any atom is -0.479 e. The molecule has 1 heterocycles. The lowest BCUT2D eigenvalue weighted by Crippen LogP contribution is -2.12. The van der Waals surface area contributed by atoms with Gasteiger partial charge >= 0.3 is 11.8 Å². The molecule has 0 atom stereocenters. The van der Waals surface area contributed by atoms with Crippen molar-refractivity contribution in [1.82, 2.24) is 4.98 Å². The van der Waals surface area contributed by atoms with E-state index in [1.54, 1.807) is 6.92 Å². The normalized spacial score (nSPS) is 9.88. The number of nitrogens with zero attached hydrogens (tertiary/aromatic N) is 2. The van der Waals surface area contributed by atoms with Crippen molar-refractivity contribution in [2.24, 2.45) is 0 Å². The van der Waals surface area contributed by atoms with Crippen molar-refractivity contribution < 1.29 is 19.6 Å². The summed E-state index contributed by atoms with van der Waals surface area (Å²) in [6.45, 7) is 0.918. The average molecular weight is 291 g/mol. The second-order valence-electron chi connectivity index (χ2n) is 2.85. The number of aryl methyl sites for hydroxylation is 1. The Balaban J connectivity index is 3.14. The van der Waals surface area contributed by atoms with E-state index in [0.29, 0.717) is 10.2 Å². The number of pyridine rings is 1. The maximum Gasteiger partial charge on any atom is 0.407 e. The molecule has 1 N–H and O–H groups in total. The number of aromatic nitrogens is 1. The molecule has 0 amide bonds. The van der Waals surface area contributed by atoms with Crippen LogP contribution in [-0.2, 0) is 4.79 Å². The van der Waals surface area contributed by atoms with E-state index in [2.05, 4.69) is 20.9 Å². The van der Waals surface area contributed by atoms with Crippen LogP contribution in [0.1, 0.15) is 5.56 Å². The Hall–Kier alpha value is -1.70. The van der Waals surface area contributed by atoms with Crippen LogP contribution in [0.4, 0.5) is 5.82 Å². The summed E-state index contributed by atoms with van der Waals surface area (Å²) < 4.78 is 5.11. The molecule has 1 aromatic heterocycles. The summed E-state index contributed by atoms with van der Waals surface area (Å²) in [6.07, 6.45) is 0. The summed E-state index contributed by atoms with van der Waals surface area (Å²) in [5.41, 5.74) is 0.440. The van der Waals surface area contributed by atoms with E-state index in [4.69, 9.17) is 9.84 Å². The average Bonchev–Trinajstić information content (AvgIpc) is 2.14. The quantitative estimate of drug-likeness (QED) is 0.512. The molecule has 0 saturated carbocycles. The zero-order valence-corrected chi connectivity index (χ0v) is 9.72. The lowest BCUT2D eigenvalue weighted by molar-refractivity contribution is -0.390. The minimum atomic E-state index is -1.21. The molecule has 0 radical (unpaired) electrons. The number of halogens is 1. The van der Waals surface area contributed by atoms with Gasteiger partial charge in [-0.25, -0.2) is 4.79 Å². The number of nitro groups is 1. The highest BCUT2D eigenvalue weighted by molar-refractivity contribution is 9.10. The van der Waals surface area contributed by atoms with Crippen molar-refractivity contribution in [2.75, 3.05) is 6.61 Å². The molecule has 0 aromatic carbocycles. The third-order valence-corrected chi connectivity index (χ3v) is 2.03. The molecule has 0 bridgehead atoms. The van der Waals surface area contributed by atoms with Gasteiger partial charge in [0.05, 0.1) is 0 Å². The molecule has 86 valence electrons. The van der Waals surface area contributed by atoms with Crippen LogP contribution in [0, 0.1) is 17.0 Å². The summed E-state index contributed by atoms with van der Waals surface area (Å²) in [7, 11) is 0. The van der Waals surface area contributed by atoms with Crippen LogP contribution in [0.15, 0.2) is 10.7 Å². The molecule has 1 aromatic rings. The zero-order valence-electron chi connectivity index (χ0n) is 8.14. The Labute approximate surface area is 98.3 Å². The largest absolute Gasteiger partial charge is 0.479 e. The Morgan fingerprint density at radius 2 is 2.38 bits per heavy atom. The Bertz CT molecular complexity index is 448. The summed E-state index contributed by atoms with van der Waals surface area (Å²) in [4.78, 5) is 23.9. The van der Waals surface area contributed by atoms with Gasteiger partial charge in [-0.1, -0.05) is 0 Å². The molecule has 0 unspecified atom stereocenters. The van der Waals surface area contributed by atoms with E-state index in [-0.39, 0.29) is 5.75 Å². The highest BCUT2D eigenvalue weighted by Crippen LogP contribution is 2.30. The van der Waals surface area contributed by atoms with Gasteiger partial charge in [0.2, 0.25) is 10.4 Å². The fourth-order valence-corrected chi connectivity index (χ4v) is 1.55. The van der Waals surface area contributed by atoms with E-state index in [1.165, 1.54) is 6.07 Å². The first kappa shape index (κ1) is 12.4. The van der Waals surface area contributed by atoms with Gasteiger partial charge < -0.3 is 20.0 Å². The molecule has 0 spiro atoms. The van der Waals surface area contributed by atoms with E-state index in [1.807, 2.05) is 0 Å². The highest BCUT2D eigenvalue weighted by atomic mass is 79.9. The maximum absolute atomic E-state index is 10.7. The molecule has 7 nitrogen and oxygen atoms in total. The smallest absolute Gasteiger partial charge is 0.407 e. The van der Waals surface area contributed by atoms with E-state index in [0.717, 1.165) is 0 Å². The SMILES string of the molecule is Cc1cc(Br)nc([N+](=O)[O-])c1OCC(=O)O. The van der Waals surface area contributed by atoms with E-state index in [9.17, 15) is 14.9 Å². The van der Waals surface area contributed by atoms with Crippen LogP contribution in [0.3, 0.4) is 0 Å². The Kier molecular flexibility index (Phi) is 3.78. The summed E-state index contributed by atoms with van der Waals surface area (Å²) in [5.74, 6) is -1.85. The summed E-state index contributed by atoms with van der Waals surface area (Å²) in [6, 6.07) is 1.50. The fraction of sp³-hybridized carbons (Fsp3) is 0.250. The number of aliphatic carboxylic acids is 1. The molecule has 0 aliphatic rings. The number of ether oxygens (including phenoxy) is 1. The third kappa shape index (κ3) is 2.89. The van der Waals surface area contributed by atoms with E-state index >= 15 is 0 Å². The van der Waals surface area contributed by atoms with Crippen molar-refractivity contribution in [3.05, 3.63) is 26.3 Å². The van der Waals surface area contributed by atoms with Crippen LogP contribution in [0.25, 0.3) is 0 Å². The van der Waals surface area contributed by atoms with Gasteiger partial charge in [0, 0.05) is 27.6 Å². The number of hydrogen-bond donors (Lipinski definition) is 1. The number of carboxylic acids is 1. The summed E-state index contributed by atoms with van der Waals surface area (Å²) >= 11 is 3.01. The van der Waals surface area contributed by atoms with Gasteiger partial charge in [-0.3, -0.25) is 0 Å². The van der Waals surface area contributed by atoms with Crippen molar-refractivity contribution in [3.63, 3.8) is 0 Å². The van der Waals surface area contributed by atoms with Crippen molar-refractivity contribution in [2.45, 2.75) is 6.92 Å². The summed E-state index contributed by atoms with van der Waals surface area (Å²) in [5, 5.41) is 19.1. The predicted molar refractivity (Wildman–Crippen MR) is 56.5 cm³/mol. The van der Waals surface area contributed by atoms with Gasteiger partial charge in [0.1, 0.15) is 0 Å². The number of rotatable bonds is 4. The first-order valence-electron chi connectivity index (χ1n) is 4.08. The zero-order chi connectivity index (χ0) is 12.3. The van der Waals surface area contributed by atoms with Crippen molar-refractivity contribution >= 4 is 27.7 Å².